The number of rotatable bonds is 8. The smallest absolute Gasteiger partial charge is 0.0540 e. The number of benzene rings is 14. The van der Waals surface area contributed by atoms with Crippen molar-refractivity contribution in [1.29, 1.82) is 0 Å². The van der Waals surface area contributed by atoms with E-state index in [1.807, 2.05) is 0 Å². The maximum atomic E-state index is 2.48. The van der Waals surface area contributed by atoms with E-state index in [0.29, 0.717) is 0 Å². The summed E-state index contributed by atoms with van der Waals surface area (Å²) < 4.78 is 0. The first kappa shape index (κ1) is 41.5. The number of nitrogens with zero attached hydrogens (tertiary/aromatic N) is 2. The van der Waals surface area contributed by atoms with Gasteiger partial charge in [-0.1, -0.05) is 200 Å². The Morgan fingerprint density at radius 2 is 0.542 bits per heavy atom. The zero-order valence-corrected chi connectivity index (χ0v) is 39.5. The molecule has 0 aliphatic heterocycles. The van der Waals surface area contributed by atoms with Crippen molar-refractivity contribution in [1.82, 2.24) is 0 Å². The van der Waals surface area contributed by atoms with Crippen LogP contribution in [0.2, 0.25) is 0 Å². The van der Waals surface area contributed by atoms with Crippen LogP contribution in [0, 0.1) is 0 Å². The molecule has 0 heterocycles. The molecule has 0 aromatic heterocycles. The Morgan fingerprint density at radius 1 is 0.181 bits per heavy atom. The van der Waals surface area contributed by atoms with E-state index < -0.39 is 0 Å². The second kappa shape index (κ2) is 17.2. The molecule has 0 fully saturated rings. The zero-order valence-electron chi connectivity index (χ0n) is 39.5. The molecule has 0 saturated carbocycles. The Bertz CT molecular complexity index is 4350. The normalized spacial score (nSPS) is 11.6. The van der Waals surface area contributed by atoms with Crippen LogP contribution in [0.5, 0.6) is 0 Å². The van der Waals surface area contributed by atoms with E-state index >= 15 is 0 Å². The minimum Gasteiger partial charge on any atom is -0.310 e. The van der Waals surface area contributed by atoms with Gasteiger partial charge in [-0.2, -0.15) is 0 Å². The number of hydrogen-bond acceptors (Lipinski definition) is 2. The lowest BCUT2D eigenvalue weighted by Gasteiger charge is -2.29. The van der Waals surface area contributed by atoms with E-state index in [9.17, 15) is 0 Å². The van der Waals surface area contributed by atoms with E-state index in [2.05, 4.69) is 289 Å². The van der Waals surface area contributed by atoms with Crippen LogP contribution in [0.25, 0.3) is 97.7 Å². The fraction of sp³-hybridized carbons (Fsp3) is 0. The monoisotopic (exact) mass is 914 g/mol. The lowest BCUT2D eigenvalue weighted by molar-refractivity contribution is 1.29. The summed E-state index contributed by atoms with van der Waals surface area (Å²) in [6.07, 6.45) is 0. The van der Waals surface area contributed by atoms with Gasteiger partial charge in [0.2, 0.25) is 0 Å². The summed E-state index contributed by atoms with van der Waals surface area (Å²) >= 11 is 0. The zero-order chi connectivity index (χ0) is 47.5. The molecule has 72 heavy (non-hydrogen) atoms. The molecule has 0 N–H and O–H groups in total. The second-order valence-corrected chi connectivity index (χ2v) is 18.8. The number of fused-ring (bicyclic) bond motifs is 9. The molecule has 2 nitrogen and oxygen atoms in total. The standard InChI is InChI=1S/C70H46N2/c1-4-25-50(26-5-1)71(51-27-6-2-7-28-51)53-39-41-62-66(45-53)69(64-43-48-22-11-13-31-55(48)58-34-16-18-36-60(58)64)63-42-40-54(72(52-29-8-3-9-30-52)68-38-20-24-47-21-10-15-33-57(47)68)46-67(63)70(62)65-44-49-23-12-14-32-56(49)59-35-17-19-37-61(59)65/h1-46H. The molecular formula is C70H46N2. The minimum atomic E-state index is 1.08. The third-order valence-electron chi connectivity index (χ3n) is 14.7. The highest BCUT2D eigenvalue weighted by atomic mass is 15.1. The first-order chi connectivity index (χ1) is 35.7. The summed E-state index contributed by atoms with van der Waals surface area (Å²) in [5, 5.41) is 17.0. The molecule has 0 atom stereocenters. The van der Waals surface area contributed by atoms with Crippen LogP contribution in [0.3, 0.4) is 0 Å². The Balaban J connectivity index is 1.18. The van der Waals surface area contributed by atoms with Crippen molar-refractivity contribution < 1.29 is 0 Å². The van der Waals surface area contributed by atoms with Gasteiger partial charge in [-0.05, 0) is 171 Å². The summed E-state index contributed by atoms with van der Waals surface area (Å²) in [7, 11) is 0. The number of para-hydroxylation sites is 3. The molecule has 0 aliphatic carbocycles. The molecule has 0 bridgehead atoms. The average molecular weight is 915 g/mol. The molecule has 0 spiro atoms. The van der Waals surface area contributed by atoms with E-state index in [1.54, 1.807) is 0 Å². The largest absolute Gasteiger partial charge is 0.310 e. The molecule has 0 unspecified atom stereocenters. The highest BCUT2D eigenvalue weighted by Gasteiger charge is 2.25. The molecule has 14 rings (SSSR count). The van der Waals surface area contributed by atoms with Crippen LogP contribution in [-0.4, -0.2) is 0 Å². The van der Waals surface area contributed by atoms with Crippen molar-refractivity contribution >= 4 is 110 Å². The van der Waals surface area contributed by atoms with Crippen molar-refractivity contribution in [2.75, 3.05) is 9.80 Å². The van der Waals surface area contributed by atoms with Crippen molar-refractivity contribution in [2.24, 2.45) is 0 Å². The molecule has 0 amide bonds. The van der Waals surface area contributed by atoms with Crippen LogP contribution in [0.15, 0.2) is 279 Å². The SMILES string of the molecule is c1ccc(N(c2ccccc2)c2ccc3c(-c4cc5ccccc5c5ccccc45)c4cc(N(c5ccccc5)c5cccc6ccccc56)ccc4c(-c4cc5ccccc5c5ccccc45)c3c2)cc1. The van der Waals surface area contributed by atoms with Gasteiger partial charge in [0.05, 0.1) is 5.69 Å². The molecule has 0 saturated heterocycles. The number of hydrogen-bond donors (Lipinski definition) is 0. The quantitative estimate of drug-likeness (QED) is 0.111. The summed E-state index contributed by atoms with van der Waals surface area (Å²) in [6.45, 7) is 0. The predicted octanol–water partition coefficient (Wildman–Crippen LogP) is 20.0. The fourth-order valence-corrected chi connectivity index (χ4v) is 11.6. The van der Waals surface area contributed by atoms with Gasteiger partial charge in [-0.15, -0.1) is 0 Å². The van der Waals surface area contributed by atoms with E-state index in [1.165, 1.54) is 97.7 Å². The van der Waals surface area contributed by atoms with E-state index in [-0.39, 0.29) is 0 Å². The third-order valence-corrected chi connectivity index (χ3v) is 14.7. The van der Waals surface area contributed by atoms with Crippen molar-refractivity contribution in [3.8, 4) is 22.3 Å². The van der Waals surface area contributed by atoms with Crippen molar-refractivity contribution in [3.05, 3.63) is 279 Å². The third kappa shape index (κ3) is 6.80. The summed E-state index contributed by atoms with van der Waals surface area (Å²) in [5.41, 5.74) is 11.4. The molecule has 336 valence electrons. The first-order valence-corrected chi connectivity index (χ1v) is 24.8. The Morgan fingerprint density at radius 3 is 1.03 bits per heavy atom. The Labute approximate surface area is 418 Å². The topological polar surface area (TPSA) is 6.48 Å². The van der Waals surface area contributed by atoms with Crippen LogP contribution in [0.4, 0.5) is 34.1 Å². The van der Waals surface area contributed by atoms with Crippen LogP contribution in [0.1, 0.15) is 0 Å². The van der Waals surface area contributed by atoms with Gasteiger partial charge < -0.3 is 9.80 Å². The van der Waals surface area contributed by atoms with Crippen LogP contribution in [-0.2, 0) is 0 Å². The predicted molar refractivity (Wildman–Crippen MR) is 309 cm³/mol. The van der Waals surface area contributed by atoms with E-state index in [4.69, 9.17) is 0 Å². The molecule has 0 radical (unpaired) electrons. The van der Waals surface area contributed by atoms with Crippen LogP contribution < -0.4 is 9.80 Å². The summed E-state index contributed by atoms with van der Waals surface area (Å²) in [6, 6.07) is 103. The highest BCUT2D eigenvalue weighted by Crippen LogP contribution is 2.52. The number of anilines is 6. The Kier molecular flexibility index (Phi) is 9.89. The maximum absolute atomic E-state index is 2.48. The average Bonchev–Trinajstić information content (AvgIpc) is 3.45. The Hall–Kier alpha value is -9.50. The highest BCUT2D eigenvalue weighted by molar-refractivity contribution is 6.29. The summed E-state index contributed by atoms with van der Waals surface area (Å²) in [5.74, 6) is 0. The molecule has 2 heteroatoms. The van der Waals surface area contributed by atoms with Crippen molar-refractivity contribution in [3.63, 3.8) is 0 Å². The van der Waals surface area contributed by atoms with Gasteiger partial charge in [0.25, 0.3) is 0 Å². The first-order valence-electron chi connectivity index (χ1n) is 24.8. The summed E-state index contributed by atoms with van der Waals surface area (Å²) in [4.78, 5) is 4.84. The van der Waals surface area contributed by atoms with Gasteiger partial charge in [0.1, 0.15) is 0 Å². The van der Waals surface area contributed by atoms with Gasteiger partial charge in [-0.3, -0.25) is 0 Å². The van der Waals surface area contributed by atoms with Gasteiger partial charge in [0.15, 0.2) is 0 Å². The molecular weight excluding hydrogens is 869 g/mol. The molecule has 0 aliphatic rings. The lowest BCUT2D eigenvalue weighted by atomic mass is 9.82. The second-order valence-electron chi connectivity index (χ2n) is 18.8. The molecule has 14 aromatic rings. The van der Waals surface area contributed by atoms with Gasteiger partial charge in [-0.25, -0.2) is 0 Å². The minimum absolute atomic E-state index is 1.08. The van der Waals surface area contributed by atoms with E-state index in [0.717, 1.165) is 34.1 Å². The fourth-order valence-electron chi connectivity index (χ4n) is 11.6. The maximum Gasteiger partial charge on any atom is 0.0540 e. The van der Waals surface area contributed by atoms with Gasteiger partial charge in [0, 0.05) is 33.8 Å². The lowest BCUT2D eigenvalue weighted by Crippen LogP contribution is -2.10. The van der Waals surface area contributed by atoms with Gasteiger partial charge >= 0.3 is 0 Å². The molecule has 14 aromatic carbocycles. The van der Waals surface area contributed by atoms with Crippen LogP contribution >= 0.6 is 0 Å². The van der Waals surface area contributed by atoms with Crippen molar-refractivity contribution in [2.45, 2.75) is 0 Å².